The fraction of sp³-hybridized carbons (Fsp3) is 0.579. The Morgan fingerprint density at radius 1 is 1.36 bits per heavy atom. The van der Waals surface area contributed by atoms with Crippen LogP contribution in [-0.4, -0.2) is 42.3 Å². The summed E-state index contributed by atoms with van der Waals surface area (Å²) in [5.41, 5.74) is 10.1. The maximum atomic E-state index is 13.4. The lowest BCUT2D eigenvalue weighted by atomic mass is 9.85. The maximum Gasteiger partial charge on any atom is 0.414 e. The highest BCUT2D eigenvalue weighted by molar-refractivity contribution is 5.45. The Morgan fingerprint density at radius 3 is 2.71 bits per heavy atom. The number of halogens is 3. The van der Waals surface area contributed by atoms with Crippen molar-refractivity contribution in [2.75, 3.05) is 25.0 Å². The molecule has 0 radical (unpaired) electrons. The van der Waals surface area contributed by atoms with Crippen LogP contribution in [0.1, 0.15) is 37.7 Å². The van der Waals surface area contributed by atoms with Crippen molar-refractivity contribution in [3.05, 3.63) is 41.0 Å². The van der Waals surface area contributed by atoms with Crippen molar-refractivity contribution in [3.8, 4) is 0 Å². The molecule has 1 aliphatic carbocycles. The quantitative estimate of drug-likeness (QED) is 0.706. The topological polar surface area (TPSA) is 93.1 Å². The Balaban J connectivity index is 1.98. The molecule has 1 aliphatic heterocycles. The Morgan fingerprint density at radius 2 is 2.11 bits per heavy atom. The number of hydrogen-bond donors (Lipinski definition) is 3. The van der Waals surface area contributed by atoms with Crippen LogP contribution in [0, 0.1) is 0 Å². The molecule has 154 valence electrons. The first-order valence-corrected chi connectivity index (χ1v) is 9.51. The van der Waals surface area contributed by atoms with Crippen LogP contribution < -0.4 is 21.7 Å². The van der Waals surface area contributed by atoms with Crippen LogP contribution >= 0.6 is 0 Å². The summed E-state index contributed by atoms with van der Waals surface area (Å²) in [5.74, 6) is 0.910. The number of likely N-dealkylation sites (N-methyl/N-ethyl adjacent to an activating group) is 1. The first-order valence-electron chi connectivity index (χ1n) is 9.51. The highest BCUT2D eigenvalue weighted by atomic mass is 19.4. The van der Waals surface area contributed by atoms with Crippen molar-refractivity contribution < 1.29 is 13.2 Å². The molecule has 5 N–H and O–H groups in total. The van der Waals surface area contributed by atoms with Gasteiger partial charge in [-0.1, -0.05) is 19.4 Å². The van der Waals surface area contributed by atoms with Gasteiger partial charge in [0.05, 0.1) is 11.1 Å². The lowest BCUT2D eigenvalue weighted by Crippen LogP contribution is -2.42. The second kappa shape index (κ2) is 7.71. The Kier molecular flexibility index (Phi) is 5.67. The zero-order chi connectivity index (χ0) is 20.5. The van der Waals surface area contributed by atoms with Crippen molar-refractivity contribution in [2.24, 2.45) is 11.5 Å². The van der Waals surface area contributed by atoms with Crippen LogP contribution in [-0.2, 0) is 12.0 Å². The molecular weight excluding hydrogens is 369 g/mol. The van der Waals surface area contributed by atoms with E-state index in [2.05, 4.69) is 20.2 Å². The van der Waals surface area contributed by atoms with E-state index in [1.165, 1.54) is 12.2 Å². The Labute approximate surface area is 162 Å². The third kappa shape index (κ3) is 4.15. The second-order valence-corrected chi connectivity index (χ2v) is 7.49. The summed E-state index contributed by atoms with van der Waals surface area (Å²) in [5, 5.41) is 3.25. The molecule has 2 heterocycles. The van der Waals surface area contributed by atoms with Crippen molar-refractivity contribution in [2.45, 2.75) is 50.4 Å². The molecule has 1 saturated heterocycles. The molecule has 2 unspecified atom stereocenters. The van der Waals surface area contributed by atoms with Gasteiger partial charge in [0.25, 0.3) is 0 Å². The van der Waals surface area contributed by atoms with E-state index < -0.39 is 23.7 Å². The fourth-order valence-electron chi connectivity index (χ4n) is 3.65. The highest BCUT2D eigenvalue weighted by Crippen LogP contribution is 2.39. The zero-order valence-electron chi connectivity index (χ0n) is 16.2. The molecule has 0 bridgehead atoms. The van der Waals surface area contributed by atoms with Crippen molar-refractivity contribution in [3.63, 3.8) is 0 Å². The summed E-state index contributed by atoms with van der Waals surface area (Å²) in [6.45, 7) is 3.63. The largest absolute Gasteiger partial charge is 0.414 e. The molecule has 2 aliphatic rings. The maximum absolute atomic E-state index is 13.4. The van der Waals surface area contributed by atoms with Gasteiger partial charge in [-0.3, -0.25) is 0 Å². The number of nitrogens with two attached hydrogens (primary N) is 2. The number of aryl methyl sites for hydroxylation is 1. The van der Waals surface area contributed by atoms with E-state index >= 15 is 0 Å². The molecule has 1 fully saturated rings. The molecule has 28 heavy (non-hydrogen) atoms. The van der Waals surface area contributed by atoms with Gasteiger partial charge in [0.15, 0.2) is 5.82 Å². The fourth-order valence-corrected chi connectivity index (χ4v) is 3.65. The number of nitrogens with zero attached hydrogens (tertiary/aromatic N) is 3. The average molecular weight is 396 g/mol. The molecule has 6 nitrogen and oxygen atoms in total. The molecule has 9 heteroatoms. The minimum absolute atomic E-state index is 0.201. The van der Waals surface area contributed by atoms with Gasteiger partial charge < -0.3 is 21.7 Å². The number of alkyl halides is 3. The normalized spacial score (nSPS) is 25.6. The van der Waals surface area contributed by atoms with Crippen LogP contribution in [0.4, 0.5) is 19.0 Å². The van der Waals surface area contributed by atoms with E-state index in [-0.39, 0.29) is 11.5 Å². The summed E-state index contributed by atoms with van der Waals surface area (Å²) in [6, 6.07) is 2.27. The average Bonchev–Trinajstić information content (AvgIpc) is 3.12. The van der Waals surface area contributed by atoms with Gasteiger partial charge in [-0.05, 0) is 26.0 Å². The van der Waals surface area contributed by atoms with Gasteiger partial charge >= 0.3 is 6.18 Å². The third-order valence-electron chi connectivity index (χ3n) is 5.33. The third-order valence-corrected chi connectivity index (χ3v) is 5.33. The van der Waals surface area contributed by atoms with Gasteiger partial charge in [-0.2, -0.15) is 13.2 Å². The monoisotopic (exact) mass is 396 g/mol. The summed E-state index contributed by atoms with van der Waals surface area (Å²) in [7, 11) is 1.92. The lowest BCUT2D eigenvalue weighted by molar-refractivity contribution is -0.0964. The molecule has 0 spiro atoms. The molecule has 0 aromatic carbocycles. The van der Waals surface area contributed by atoms with Gasteiger partial charge in [0, 0.05) is 43.0 Å². The first kappa shape index (κ1) is 20.6. The smallest absolute Gasteiger partial charge is 0.399 e. The predicted molar refractivity (Wildman–Crippen MR) is 103 cm³/mol. The summed E-state index contributed by atoms with van der Waals surface area (Å²) in [6.07, 6.45) is 0.218. The van der Waals surface area contributed by atoms with E-state index in [9.17, 15) is 13.2 Å². The first-order chi connectivity index (χ1) is 13.2. The Bertz CT molecular complexity index is 788. The SMILES string of the molecule is CCCc1cc(N2CCC(NC)C2)nc(C2(N)C=CC(N)=C(C(F)(F)F)C2)n1. The van der Waals surface area contributed by atoms with Gasteiger partial charge in [0.1, 0.15) is 5.82 Å². The number of hydrogen-bond acceptors (Lipinski definition) is 6. The summed E-state index contributed by atoms with van der Waals surface area (Å²) in [4.78, 5) is 11.2. The number of aromatic nitrogens is 2. The highest BCUT2D eigenvalue weighted by Gasteiger charge is 2.43. The van der Waals surface area contributed by atoms with Gasteiger partial charge in [-0.15, -0.1) is 0 Å². The van der Waals surface area contributed by atoms with Crippen LogP contribution in [0.3, 0.4) is 0 Å². The van der Waals surface area contributed by atoms with E-state index in [0.29, 0.717) is 18.3 Å². The lowest BCUT2D eigenvalue weighted by Gasteiger charge is -2.31. The van der Waals surface area contributed by atoms with E-state index in [0.717, 1.165) is 31.6 Å². The van der Waals surface area contributed by atoms with Crippen LogP contribution in [0.2, 0.25) is 0 Å². The molecule has 3 rings (SSSR count). The van der Waals surface area contributed by atoms with Crippen LogP contribution in [0.15, 0.2) is 29.5 Å². The molecular formula is C19H27F3N6. The zero-order valence-corrected chi connectivity index (χ0v) is 16.2. The van der Waals surface area contributed by atoms with Crippen molar-refractivity contribution in [1.29, 1.82) is 0 Å². The summed E-state index contributed by atoms with van der Waals surface area (Å²) >= 11 is 0. The second-order valence-electron chi connectivity index (χ2n) is 7.49. The molecule has 2 atom stereocenters. The van der Waals surface area contributed by atoms with Gasteiger partial charge in [0.2, 0.25) is 0 Å². The Hall–Kier alpha value is -2.13. The standard InChI is InChI=1S/C19H27F3N6/c1-3-4-12-9-16(28-8-6-13(11-28)25-2)27-17(26-12)18(24)7-5-15(23)14(10-18)19(20,21)22/h5,7,9,13,25H,3-4,6,8,10-11,23-24H2,1-2H3. The van der Waals surface area contributed by atoms with Crippen molar-refractivity contribution in [1.82, 2.24) is 15.3 Å². The van der Waals surface area contributed by atoms with Crippen molar-refractivity contribution >= 4 is 5.82 Å². The minimum Gasteiger partial charge on any atom is -0.399 e. The van der Waals surface area contributed by atoms with E-state index in [4.69, 9.17) is 11.5 Å². The van der Waals surface area contributed by atoms with Crippen LogP contribution in [0.25, 0.3) is 0 Å². The van der Waals surface area contributed by atoms with Gasteiger partial charge in [-0.25, -0.2) is 9.97 Å². The minimum atomic E-state index is -4.54. The molecule has 0 amide bonds. The van der Waals surface area contributed by atoms with Crippen LogP contribution in [0.5, 0.6) is 0 Å². The van der Waals surface area contributed by atoms with E-state index in [1.807, 2.05) is 20.0 Å². The molecule has 1 aromatic rings. The number of anilines is 1. The number of allylic oxidation sites excluding steroid dienone is 1. The molecule has 0 saturated carbocycles. The predicted octanol–water partition coefficient (Wildman–Crippen LogP) is 2.12. The molecule has 1 aromatic heterocycles. The van der Waals surface area contributed by atoms with E-state index in [1.54, 1.807) is 0 Å². The summed E-state index contributed by atoms with van der Waals surface area (Å²) < 4.78 is 40.1. The number of rotatable bonds is 5. The number of nitrogens with one attached hydrogen (secondary N) is 1.